The highest BCUT2D eigenvalue weighted by molar-refractivity contribution is 6.46. The molecule has 3 saturated carbocycles. The van der Waals surface area contributed by atoms with Crippen molar-refractivity contribution in [2.45, 2.75) is 98.0 Å². The van der Waals surface area contributed by atoms with E-state index in [4.69, 9.17) is 14.0 Å². The molecule has 2 aromatic carbocycles. The molecule has 4 aliphatic rings. The molecule has 258 valence electrons. The summed E-state index contributed by atoms with van der Waals surface area (Å²) < 4.78 is 18.1. The average Bonchev–Trinajstić information content (AvgIpc) is 3.41. The fourth-order valence-electron chi connectivity index (χ4n) is 7.91. The van der Waals surface area contributed by atoms with Gasteiger partial charge in [0.1, 0.15) is 6.61 Å². The minimum Gasteiger partial charge on any atom is -0.461 e. The molecule has 0 spiro atoms. The maximum absolute atomic E-state index is 13.7. The summed E-state index contributed by atoms with van der Waals surface area (Å²) in [7, 11) is -0.528. The summed E-state index contributed by atoms with van der Waals surface area (Å²) in [5, 5.41) is 5.86. The van der Waals surface area contributed by atoms with E-state index in [1.54, 1.807) is 6.92 Å². The van der Waals surface area contributed by atoms with Gasteiger partial charge in [-0.1, -0.05) is 95.3 Å². The molecule has 2 aromatic rings. The first-order valence-electron chi connectivity index (χ1n) is 17.5. The van der Waals surface area contributed by atoms with Gasteiger partial charge >= 0.3 is 13.1 Å². The van der Waals surface area contributed by atoms with E-state index < -0.39 is 31.0 Å². The molecule has 9 nitrogen and oxygen atoms in total. The number of hydrogen-bond donors (Lipinski definition) is 2. The third kappa shape index (κ3) is 8.03. The first kappa shape index (κ1) is 35.8. The standard InChI is InChI=1S/C38H51BN2O7/c1-24(2)29(21-34(43)46-22-27-15-11-8-12-16-27)36(45)41-30(18-26-13-9-7-10-14-26)31(42)17-25(3)35(44)40-23-39-47-33-20-28-19-32(37(28,4)5)38(33,6)48-39/h7-16,24-25,28-30,32-33H,17-23H2,1-6H3,(H,40,44)(H,41,45)/t25-,28?,29+,30+,32+,33-,38+/m1/s1. The number of benzene rings is 2. The van der Waals surface area contributed by atoms with Crippen LogP contribution in [0.15, 0.2) is 60.7 Å². The molecule has 1 heterocycles. The number of amides is 2. The van der Waals surface area contributed by atoms with Crippen molar-refractivity contribution < 1.29 is 33.2 Å². The molecule has 2 bridgehead atoms. The number of ether oxygens (including phenoxy) is 1. The van der Waals surface area contributed by atoms with Gasteiger partial charge in [0.2, 0.25) is 11.8 Å². The highest BCUT2D eigenvalue weighted by Crippen LogP contribution is 2.65. The van der Waals surface area contributed by atoms with Crippen LogP contribution in [0.4, 0.5) is 0 Å². The summed E-state index contributed by atoms with van der Waals surface area (Å²) in [5.74, 6) is -1.82. The summed E-state index contributed by atoms with van der Waals surface area (Å²) in [6.45, 7) is 12.3. The van der Waals surface area contributed by atoms with Crippen molar-refractivity contribution in [3.05, 3.63) is 71.8 Å². The number of carbonyl (C=O) groups excluding carboxylic acids is 4. The van der Waals surface area contributed by atoms with Crippen LogP contribution < -0.4 is 10.6 Å². The summed E-state index contributed by atoms with van der Waals surface area (Å²) in [5.41, 5.74) is 1.61. The summed E-state index contributed by atoms with van der Waals surface area (Å²) in [6, 6.07) is 17.9. The molecule has 7 atom stereocenters. The van der Waals surface area contributed by atoms with Crippen molar-refractivity contribution >= 4 is 30.7 Å². The normalized spacial score (nSPS) is 25.6. The van der Waals surface area contributed by atoms with Crippen LogP contribution in [-0.2, 0) is 46.3 Å². The number of carbonyl (C=O) groups is 4. The van der Waals surface area contributed by atoms with Crippen LogP contribution >= 0.6 is 0 Å². The van der Waals surface area contributed by atoms with E-state index in [9.17, 15) is 19.2 Å². The van der Waals surface area contributed by atoms with E-state index in [0.29, 0.717) is 11.8 Å². The summed E-state index contributed by atoms with van der Waals surface area (Å²) in [4.78, 5) is 53.2. The Labute approximate surface area is 285 Å². The third-order valence-corrected chi connectivity index (χ3v) is 11.2. The molecule has 48 heavy (non-hydrogen) atoms. The van der Waals surface area contributed by atoms with E-state index in [0.717, 1.165) is 24.0 Å². The lowest BCUT2D eigenvalue weighted by Crippen LogP contribution is -2.65. The second-order valence-corrected chi connectivity index (χ2v) is 15.2. The van der Waals surface area contributed by atoms with Crippen LogP contribution in [0.2, 0.25) is 0 Å². The largest absolute Gasteiger partial charge is 0.478 e. The second-order valence-electron chi connectivity index (χ2n) is 15.2. The Bertz CT molecular complexity index is 1450. The monoisotopic (exact) mass is 658 g/mol. The molecule has 2 amide bonds. The summed E-state index contributed by atoms with van der Waals surface area (Å²) in [6.07, 6.45) is 2.46. The fourth-order valence-corrected chi connectivity index (χ4v) is 7.91. The molecule has 0 radical (unpaired) electrons. The van der Waals surface area contributed by atoms with Crippen LogP contribution in [0.5, 0.6) is 0 Å². The Hall–Kier alpha value is -3.50. The van der Waals surface area contributed by atoms with Crippen molar-refractivity contribution in [2.24, 2.45) is 35.0 Å². The Kier molecular flexibility index (Phi) is 11.2. The molecule has 6 rings (SSSR count). The zero-order valence-electron chi connectivity index (χ0n) is 29.2. The smallest absolute Gasteiger partial charge is 0.461 e. The molecule has 10 heteroatoms. The molecule has 3 aliphatic carbocycles. The third-order valence-electron chi connectivity index (χ3n) is 11.2. The van der Waals surface area contributed by atoms with Crippen LogP contribution in [0.1, 0.15) is 78.4 Å². The Morgan fingerprint density at radius 1 is 0.896 bits per heavy atom. The van der Waals surface area contributed by atoms with Gasteiger partial charge in [0, 0.05) is 12.3 Å². The maximum atomic E-state index is 13.7. The molecule has 1 unspecified atom stereocenters. The van der Waals surface area contributed by atoms with Gasteiger partial charge in [0.05, 0.1) is 36.5 Å². The molecule has 1 aliphatic heterocycles. The topological polar surface area (TPSA) is 120 Å². The molecular weight excluding hydrogens is 607 g/mol. The van der Waals surface area contributed by atoms with Crippen molar-refractivity contribution in [1.29, 1.82) is 0 Å². The number of nitrogens with one attached hydrogen (secondary N) is 2. The van der Waals surface area contributed by atoms with E-state index in [1.165, 1.54) is 0 Å². The Morgan fingerprint density at radius 3 is 2.17 bits per heavy atom. The first-order valence-corrected chi connectivity index (χ1v) is 17.5. The van der Waals surface area contributed by atoms with Crippen LogP contribution in [0.25, 0.3) is 0 Å². The lowest BCUT2D eigenvalue weighted by Gasteiger charge is -2.64. The summed E-state index contributed by atoms with van der Waals surface area (Å²) >= 11 is 0. The van der Waals surface area contributed by atoms with Gasteiger partial charge in [0.25, 0.3) is 0 Å². The van der Waals surface area contributed by atoms with E-state index in [-0.39, 0.29) is 72.9 Å². The Balaban J connectivity index is 1.16. The molecule has 0 aromatic heterocycles. The number of Topliss-reactive ketones (excluding diaryl/α,β-unsaturated/α-hetero) is 1. The van der Waals surface area contributed by atoms with Crippen molar-refractivity contribution in [1.82, 2.24) is 10.6 Å². The SMILES string of the molecule is CC(C)[C@H](CC(=O)OCc1ccccc1)C(=O)N[C@@H](Cc1ccccc1)C(=O)C[C@@H](C)C(=O)NCB1O[C@@H]2CC3C[C@@H](C3(C)C)[C@]2(C)O1. The van der Waals surface area contributed by atoms with Gasteiger partial charge in [0.15, 0.2) is 5.78 Å². The minimum atomic E-state index is -0.865. The predicted octanol–water partition coefficient (Wildman–Crippen LogP) is 5.10. The number of hydrogen-bond acceptors (Lipinski definition) is 7. The number of esters is 1. The van der Waals surface area contributed by atoms with Crippen molar-refractivity contribution in [3.63, 3.8) is 0 Å². The highest BCUT2D eigenvalue weighted by Gasteiger charge is 2.67. The maximum Gasteiger partial charge on any atom is 0.478 e. The quantitative estimate of drug-likeness (QED) is 0.202. The van der Waals surface area contributed by atoms with Gasteiger partial charge in [-0.25, -0.2) is 0 Å². The molecular formula is C38H51BN2O7. The van der Waals surface area contributed by atoms with Gasteiger partial charge in [-0.2, -0.15) is 0 Å². The lowest BCUT2D eigenvalue weighted by atomic mass is 9.43. The van der Waals surface area contributed by atoms with Gasteiger partial charge in [-0.05, 0) is 60.5 Å². The van der Waals surface area contributed by atoms with Crippen molar-refractivity contribution in [3.8, 4) is 0 Å². The molecule has 4 fully saturated rings. The fraction of sp³-hybridized carbons (Fsp3) is 0.579. The zero-order valence-corrected chi connectivity index (χ0v) is 29.2. The van der Waals surface area contributed by atoms with E-state index >= 15 is 0 Å². The van der Waals surface area contributed by atoms with E-state index in [2.05, 4.69) is 31.4 Å². The van der Waals surface area contributed by atoms with Gasteiger partial charge in [-0.3, -0.25) is 19.2 Å². The van der Waals surface area contributed by atoms with Crippen LogP contribution in [0.3, 0.4) is 0 Å². The van der Waals surface area contributed by atoms with Crippen LogP contribution in [0, 0.1) is 35.0 Å². The lowest BCUT2D eigenvalue weighted by molar-refractivity contribution is -0.199. The minimum absolute atomic E-state index is 0.0258. The van der Waals surface area contributed by atoms with E-state index in [1.807, 2.05) is 74.5 Å². The first-order chi connectivity index (χ1) is 22.8. The van der Waals surface area contributed by atoms with Gasteiger partial charge in [-0.15, -0.1) is 0 Å². The average molecular weight is 659 g/mol. The predicted molar refractivity (Wildman–Crippen MR) is 183 cm³/mol. The van der Waals surface area contributed by atoms with Crippen LogP contribution in [-0.4, -0.2) is 54.9 Å². The number of rotatable bonds is 15. The Morgan fingerprint density at radius 2 is 1.54 bits per heavy atom. The second kappa shape index (κ2) is 15.0. The molecule has 2 N–H and O–H groups in total. The highest BCUT2D eigenvalue weighted by atomic mass is 16.7. The number of ketones is 1. The van der Waals surface area contributed by atoms with Crippen molar-refractivity contribution in [2.75, 3.05) is 6.44 Å². The molecule has 1 saturated heterocycles. The van der Waals surface area contributed by atoms with Gasteiger partial charge < -0.3 is 24.7 Å². The zero-order chi connectivity index (χ0) is 34.6.